The molecule has 1 atom stereocenters. The molecule has 2 aromatic rings. The molecule has 0 spiro atoms. The van der Waals surface area contributed by atoms with E-state index in [1.165, 1.54) is 19.4 Å². The molecule has 0 fully saturated rings. The number of alkyl halides is 3. The quantitative estimate of drug-likeness (QED) is 0.754. The minimum absolute atomic E-state index is 0.0865. The number of hydrogen-bond donors (Lipinski definition) is 3. The number of aromatic nitrogens is 3. The Labute approximate surface area is 116 Å². The van der Waals surface area contributed by atoms with Crippen LogP contribution < -0.4 is 10.6 Å². The van der Waals surface area contributed by atoms with Gasteiger partial charge in [-0.1, -0.05) is 0 Å². The number of aliphatic hydroxyl groups excluding tert-OH is 1. The number of nitrogens with one attached hydrogen (secondary N) is 2. The predicted molar refractivity (Wildman–Crippen MR) is 66.6 cm³/mol. The van der Waals surface area contributed by atoms with Crippen molar-refractivity contribution in [2.45, 2.75) is 12.3 Å². The van der Waals surface area contributed by atoms with Gasteiger partial charge in [-0.25, -0.2) is 9.50 Å². The van der Waals surface area contributed by atoms with Gasteiger partial charge in [0, 0.05) is 25.5 Å². The lowest BCUT2D eigenvalue weighted by atomic mass is 10.3. The minimum Gasteiger partial charge on any atom is -0.381 e. The molecule has 10 heteroatoms. The maximum atomic E-state index is 12.6. The molecule has 0 radical (unpaired) electrons. The van der Waals surface area contributed by atoms with Crippen molar-refractivity contribution in [3.05, 3.63) is 24.2 Å². The summed E-state index contributed by atoms with van der Waals surface area (Å²) in [5.41, 5.74) is -0.959. The van der Waals surface area contributed by atoms with Gasteiger partial charge in [0.15, 0.2) is 11.5 Å². The number of halogens is 3. The van der Waals surface area contributed by atoms with Crippen LogP contribution in [-0.4, -0.2) is 45.3 Å². The molecule has 2 aromatic heterocycles. The Morgan fingerprint density at radius 3 is 2.86 bits per heavy atom. The summed E-state index contributed by atoms with van der Waals surface area (Å²) in [5, 5.41) is 17.7. The number of nitrogens with zero attached hydrogens (tertiary/aromatic N) is 3. The standard InChI is InChI=1S/C11H12F3N5O2/c1-15-10(21)7(20)5-17-9-6-4-8(11(12,13)14)18-19(6)3-2-16-9/h2-4,7,20H,5H2,1H3,(H,15,21)(H,16,17). The molecule has 2 rings (SSSR count). The molecule has 1 unspecified atom stereocenters. The highest BCUT2D eigenvalue weighted by Crippen LogP contribution is 2.29. The van der Waals surface area contributed by atoms with Gasteiger partial charge >= 0.3 is 6.18 Å². The number of hydrogen-bond acceptors (Lipinski definition) is 5. The predicted octanol–water partition coefficient (Wildman–Crippen LogP) is 0.267. The third-order valence-electron chi connectivity index (χ3n) is 2.69. The summed E-state index contributed by atoms with van der Waals surface area (Å²) in [4.78, 5) is 15.0. The third-order valence-corrected chi connectivity index (χ3v) is 2.69. The van der Waals surface area contributed by atoms with E-state index >= 15 is 0 Å². The fraction of sp³-hybridized carbons (Fsp3) is 0.364. The van der Waals surface area contributed by atoms with Gasteiger partial charge in [-0.2, -0.15) is 18.3 Å². The zero-order chi connectivity index (χ0) is 15.6. The normalized spacial score (nSPS) is 13.2. The summed E-state index contributed by atoms with van der Waals surface area (Å²) < 4.78 is 38.9. The van der Waals surface area contributed by atoms with Crippen molar-refractivity contribution in [2.75, 3.05) is 18.9 Å². The van der Waals surface area contributed by atoms with Crippen molar-refractivity contribution in [3.63, 3.8) is 0 Å². The van der Waals surface area contributed by atoms with E-state index in [4.69, 9.17) is 0 Å². The SMILES string of the molecule is CNC(=O)C(O)CNc1nccn2nc(C(F)(F)F)cc12. The van der Waals surface area contributed by atoms with Crippen molar-refractivity contribution < 1.29 is 23.1 Å². The first-order chi connectivity index (χ1) is 9.82. The molecule has 21 heavy (non-hydrogen) atoms. The molecule has 0 saturated carbocycles. The summed E-state index contributed by atoms with van der Waals surface area (Å²) in [6.07, 6.45) is -3.38. The fourth-order valence-electron chi connectivity index (χ4n) is 1.65. The van der Waals surface area contributed by atoms with E-state index in [-0.39, 0.29) is 17.9 Å². The van der Waals surface area contributed by atoms with Crippen molar-refractivity contribution in [2.24, 2.45) is 0 Å². The van der Waals surface area contributed by atoms with Gasteiger partial charge in [-0.05, 0) is 0 Å². The second-order valence-corrected chi connectivity index (χ2v) is 4.14. The Balaban J connectivity index is 2.24. The number of amides is 1. The molecule has 0 aliphatic heterocycles. The van der Waals surface area contributed by atoms with Gasteiger partial charge in [-0.3, -0.25) is 4.79 Å². The topological polar surface area (TPSA) is 91.5 Å². The van der Waals surface area contributed by atoms with Crippen LogP contribution in [0.4, 0.5) is 19.0 Å². The molecule has 0 aromatic carbocycles. The van der Waals surface area contributed by atoms with E-state index in [1.54, 1.807) is 0 Å². The van der Waals surface area contributed by atoms with Crippen LogP contribution in [0.3, 0.4) is 0 Å². The molecule has 0 aliphatic rings. The van der Waals surface area contributed by atoms with E-state index in [2.05, 4.69) is 20.7 Å². The Morgan fingerprint density at radius 1 is 1.52 bits per heavy atom. The number of likely N-dealkylation sites (N-methyl/N-ethyl adjacent to an activating group) is 1. The highest BCUT2D eigenvalue weighted by Gasteiger charge is 2.34. The molecular formula is C11H12F3N5O2. The number of fused-ring (bicyclic) bond motifs is 1. The van der Waals surface area contributed by atoms with E-state index in [0.717, 1.165) is 10.6 Å². The summed E-state index contributed by atoms with van der Waals surface area (Å²) >= 11 is 0. The van der Waals surface area contributed by atoms with Crippen LogP contribution in [0, 0.1) is 0 Å². The molecule has 0 saturated heterocycles. The highest BCUT2D eigenvalue weighted by molar-refractivity contribution is 5.81. The second-order valence-electron chi connectivity index (χ2n) is 4.14. The molecule has 0 aliphatic carbocycles. The van der Waals surface area contributed by atoms with Crippen molar-refractivity contribution in [1.82, 2.24) is 19.9 Å². The maximum absolute atomic E-state index is 12.6. The monoisotopic (exact) mass is 303 g/mol. The summed E-state index contributed by atoms with van der Waals surface area (Å²) in [6.45, 7) is -0.196. The van der Waals surface area contributed by atoms with Crippen molar-refractivity contribution in [3.8, 4) is 0 Å². The van der Waals surface area contributed by atoms with Gasteiger partial charge in [-0.15, -0.1) is 0 Å². The van der Waals surface area contributed by atoms with Gasteiger partial charge in [0.25, 0.3) is 0 Å². The minimum atomic E-state index is -4.56. The fourth-order valence-corrected chi connectivity index (χ4v) is 1.65. The summed E-state index contributed by atoms with van der Waals surface area (Å²) in [5.74, 6) is -0.526. The third kappa shape index (κ3) is 3.21. The van der Waals surface area contributed by atoms with Gasteiger partial charge in [0.2, 0.25) is 5.91 Å². The zero-order valence-electron chi connectivity index (χ0n) is 10.8. The number of anilines is 1. The Hall–Kier alpha value is -2.36. The molecule has 114 valence electrons. The van der Waals surface area contributed by atoms with Crippen LogP contribution in [0.1, 0.15) is 5.69 Å². The van der Waals surface area contributed by atoms with Gasteiger partial charge in [0.1, 0.15) is 11.6 Å². The lowest BCUT2D eigenvalue weighted by Gasteiger charge is -2.11. The van der Waals surface area contributed by atoms with E-state index < -0.39 is 23.9 Å². The van der Waals surface area contributed by atoms with Crippen molar-refractivity contribution in [1.29, 1.82) is 0 Å². The number of carbonyl (C=O) groups is 1. The molecule has 7 nitrogen and oxygen atoms in total. The van der Waals surface area contributed by atoms with E-state index in [0.29, 0.717) is 0 Å². The number of aliphatic hydroxyl groups is 1. The maximum Gasteiger partial charge on any atom is 0.435 e. The Morgan fingerprint density at radius 2 is 2.24 bits per heavy atom. The molecule has 2 heterocycles. The lowest BCUT2D eigenvalue weighted by Crippen LogP contribution is -2.36. The number of rotatable bonds is 4. The Kier molecular flexibility index (Phi) is 3.98. The van der Waals surface area contributed by atoms with Crippen LogP contribution >= 0.6 is 0 Å². The Bertz CT molecular complexity index is 655. The largest absolute Gasteiger partial charge is 0.435 e. The van der Waals surface area contributed by atoms with Crippen LogP contribution in [0.2, 0.25) is 0 Å². The smallest absolute Gasteiger partial charge is 0.381 e. The average Bonchev–Trinajstić information content (AvgIpc) is 2.88. The first-order valence-electron chi connectivity index (χ1n) is 5.88. The van der Waals surface area contributed by atoms with Crippen LogP contribution in [-0.2, 0) is 11.0 Å². The van der Waals surface area contributed by atoms with Gasteiger partial charge < -0.3 is 15.7 Å². The first-order valence-corrected chi connectivity index (χ1v) is 5.88. The first kappa shape index (κ1) is 15.0. The van der Waals surface area contributed by atoms with Crippen LogP contribution in [0.15, 0.2) is 18.5 Å². The second kappa shape index (κ2) is 5.56. The zero-order valence-corrected chi connectivity index (χ0v) is 10.8. The van der Waals surface area contributed by atoms with Crippen molar-refractivity contribution >= 4 is 17.2 Å². The van der Waals surface area contributed by atoms with Crippen LogP contribution in [0.5, 0.6) is 0 Å². The highest BCUT2D eigenvalue weighted by atomic mass is 19.4. The summed E-state index contributed by atoms with van der Waals surface area (Å²) in [6, 6.07) is 0.835. The lowest BCUT2D eigenvalue weighted by molar-refractivity contribution is -0.141. The summed E-state index contributed by atoms with van der Waals surface area (Å²) in [7, 11) is 1.36. The molecule has 1 amide bonds. The molecule has 0 bridgehead atoms. The number of carbonyl (C=O) groups excluding carboxylic acids is 1. The van der Waals surface area contributed by atoms with Gasteiger partial charge in [0.05, 0.1) is 6.54 Å². The van der Waals surface area contributed by atoms with E-state index in [1.807, 2.05) is 0 Å². The van der Waals surface area contributed by atoms with Crippen LogP contribution in [0.25, 0.3) is 5.52 Å². The van der Waals surface area contributed by atoms with E-state index in [9.17, 15) is 23.1 Å². The molecule has 3 N–H and O–H groups in total. The molecular weight excluding hydrogens is 291 g/mol. The average molecular weight is 303 g/mol.